The number of fused-ring (bicyclic) bond motifs is 1. The summed E-state index contributed by atoms with van der Waals surface area (Å²) in [6, 6.07) is 15.3. The zero-order chi connectivity index (χ0) is 20.5. The molecule has 29 heavy (non-hydrogen) atoms. The van der Waals surface area contributed by atoms with Gasteiger partial charge in [-0.1, -0.05) is 35.1 Å². The Hall–Kier alpha value is -2.76. The molecule has 2 aromatic heterocycles. The first-order chi connectivity index (χ1) is 13.9. The van der Waals surface area contributed by atoms with Crippen LogP contribution in [-0.2, 0) is 6.54 Å². The molecule has 0 saturated heterocycles. The molecule has 0 radical (unpaired) electrons. The quantitative estimate of drug-likeness (QED) is 0.399. The van der Waals surface area contributed by atoms with E-state index in [0.29, 0.717) is 22.3 Å². The van der Waals surface area contributed by atoms with E-state index < -0.39 is 0 Å². The van der Waals surface area contributed by atoms with Gasteiger partial charge < -0.3 is 0 Å². The lowest BCUT2D eigenvalue weighted by Gasteiger charge is -2.20. The molecule has 6 heteroatoms. The van der Waals surface area contributed by atoms with Crippen molar-refractivity contribution in [1.29, 1.82) is 0 Å². The molecule has 0 spiro atoms. The monoisotopic (exact) mass is 421 g/mol. The van der Waals surface area contributed by atoms with Crippen molar-refractivity contribution in [2.45, 2.75) is 27.3 Å². The second kappa shape index (κ2) is 7.93. The summed E-state index contributed by atoms with van der Waals surface area (Å²) < 4.78 is 1.00. The molecule has 4 aromatic rings. The normalized spacial score (nSPS) is 11.0. The van der Waals surface area contributed by atoms with Crippen molar-refractivity contribution in [2.24, 2.45) is 0 Å². The van der Waals surface area contributed by atoms with Crippen LogP contribution in [0.15, 0.2) is 54.7 Å². The zero-order valence-corrected chi connectivity index (χ0v) is 18.0. The Morgan fingerprint density at radius 2 is 1.90 bits per heavy atom. The van der Waals surface area contributed by atoms with Gasteiger partial charge in [-0.25, -0.2) is 4.98 Å². The van der Waals surface area contributed by atoms with Crippen LogP contribution in [0.2, 0.25) is 5.02 Å². The molecule has 0 N–H and O–H groups in total. The average molecular weight is 422 g/mol. The van der Waals surface area contributed by atoms with Gasteiger partial charge in [-0.3, -0.25) is 14.7 Å². The Kier molecular flexibility index (Phi) is 5.35. The zero-order valence-electron chi connectivity index (χ0n) is 16.4. The van der Waals surface area contributed by atoms with Gasteiger partial charge in [-0.15, -0.1) is 0 Å². The molecule has 2 heterocycles. The predicted octanol–water partition coefficient (Wildman–Crippen LogP) is 6.12. The number of amides is 1. The summed E-state index contributed by atoms with van der Waals surface area (Å²) in [5.41, 5.74) is 5.43. The minimum atomic E-state index is -0.0958. The summed E-state index contributed by atoms with van der Waals surface area (Å²) >= 11 is 7.76. The molecule has 2 aromatic carbocycles. The molecule has 146 valence electrons. The number of anilines is 1. The van der Waals surface area contributed by atoms with Crippen LogP contribution in [0.5, 0.6) is 0 Å². The number of pyridine rings is 1. The van der Waals surface area contributed by atoms with E-state index in [1.54, 1.807) is 11.1 Å². The largest absolute Gasteiger partial charge is 0.278 e. The van der Waals surface area contributed by atoms with E-state index in [9.17, 15) is 4.79 Å². The third kappa shape index (κ3) is 3.88. The van der Waals surface area contributed by atoms with Crippen molar-refractivity contribution >= 4 is 44.2 Å². The van der Waals surface area contributed by atoms with Gasteiger partial charge in [0.2, 0.25) is 0 Å². The van der Waals surface area contributed by atoms with E-state index in [4.69, 9.17) is 16.6 Å². The van der Waals surface area contributed by atoms with Crippen molar-refractivity contribution in [2.75, 3.05) is 4.90 Å². The van der Waals surface area contributed by atoms with Gasteiger partial charge in [0.05, 0.1) is 22.5 Å². The van der Waals surface area contributed by atoms with Crippen LogP contribution in [0.3, 0.4) is 0 Å². The van der Waals surface area contributed by atoms with Crippen molar-refractivity contribution in [1.82, 2.24) is 9.97 Å². The summed E-state index contributed by atoms with van der Waals surface area (Å²) in [6.45, 7) is 6.34. The van der Waals surface area contributed by atoms with Gasteiger partial charge in [0, 0.05) is 16.8 Å². The molecule has 0 atom stereocenters. The average Bonchev–Trinajstić information content (AvgIpc) is 3.16. The van der Waals surface area contributed by atoms with Crippen molar-refractivity contribution in [3.8, 4) is 0 Å². The van der Waals surface area contributed by atoms with Gasteiger partial charge >= 0.3 is 0 Å². The second-order valence-corrected chi connectivity index (χ2v) is 8.44. The summed E-state index contributed by atoms with van der Waals surface area (Å²) in [5.74, 6) is -0.0958. The number of carbonyl (C=O) groups is 1. The number of hydrogen-bond donors (Lipinski definition) is 0. The molecular weight excluding hydrogens is 402 g/mol. The van der Waals surface area contributed by atoms with E-state index in [-0.39, 0.29) is 5.91 Å². The van der Waals surface area contributed by atoms with Gasteiger partial charge in [0.15, 0.2) is 5.13 Å². The Morgan fingerprint density at radius 1 is 1.07 bits per heavy atom. The molecule has 0 saturated carbocycles. The van der Waals surface area contributed by atoms with Crippen LogP contribution in [-0.4, -0.2) is 15.9 Å². The van der Waals surface area contributed by atoms with Crippen LogP contribution >= 0.6 is 22.9 Å². The van der Waals surface area contributed by atoms with Crippen LogP contribution in [0, 0.1) is 20.8 Å². The third-order valence-corrected chi connectivity index (χ3v) is 6.47. The van der Waals surface area contributed by atoms with Gasteiger partial charge in [0.1, 0.15) is 0 Å². The van der Waals surface area contributed by atoms with Crippen molar-refractivity contribution in [3.05, 3.63) is 87.7 Å². The molecule has 0 bridgehead atoms. The number of carbonyl (C=O) groups excluding carboxylic acids is 1. The topological polar surface area (TPSA) is 46.1 Å². The van der Waals surface area contributed by atoms with Crippen LogP contribution in [0.1, 0.15) is 32.7 Å². The lowest BCUT2D eigenvalue weighted by Crippen LogP contribution is -2.30. The van der Waals surface area contributed by atoms with Crippen molar-refractivity contribution < 1.29 is 4.79 Å². The molecule has 4 nitrogen and oxygen atoms in total. The molecule has 0 aliphatic heterocycles. The minimum Gasteiger partial charge on any atom is -0.278 e. The predicted molar refractivity (Wildman–Crippen MR) is 120 cm³/mol. The van der Waals surface area contributed by atoms with Crippen molar-refractivity contribution in [3.63, 3.8) is 0 Å². The summed E-state index contributed by atoms with van der Waals surface area (Å²) in [7, 11) is 0. The van der Waals surface area contributed by atoms with Gasteiger partial charge in [-0.2, -0.15) is 0 Å². The Bertz CT molecular complexity index is 1200. The number of benzene rings is 2. The molecule has 0 unspecified atom stereocenters. The Morgan fingerprint density at radius 3 is 2.62 bits per heavy atom. The van der Waals surface area contributed by atoms with Crippen LogP contribution < -0.4 is 4.90 Å². The lowest BCUT2D eigenvalue weighted by atomic mass is 10.1. The molecule has 0 aliphatic rings. The fraction of sp³-hybridized carbons (Fsp3) is 0.174. The first-order valence-electron chi connectivity index (χ1n) is 9.28. The van der Waals surface area contributed by atoms with E-state index in [2.05, 4.69) is 4.98 Å². The van der Waals surface area contributed by atoms with E-state index in [0.717, 1.165) is 32.6 Å². The number of aromatic nitrogens is 2. The maximum Gasteiger partial charge on any atom is 0.260 e. The highest BCUT2D eigenvalue weighted by Gasteiger charge is 2.23. The molecular formula is C23H20ClN3OS. The summed E-state index contributed by atoms with van der Waals surface area (Å²) in [6.07, 6.45) is 1.73. The summed E-state index contributed by atoms with van der Waals surface area (Å²) in [4.78, 5) is 24.3. The minimum absolute atomic E-state index is 0.0958. The number of nitrogens with zero attached hydrogens (tertiary/aromatic N) is 3. The second-order valence-electron chi connectivity index (χ2n) is 7.03. The van der Waals surface area contributed by atoms with Crippen LogP contribution in [0.4, 0.5) is 5.13 Å². The first-order valence-corrected chi connectivity index (χ1v) is 10.5. The van der Waals surface area contributed by atoms with Gasteiger partial charge in [0.25, 0.3) is 5.91 Å². The van der Waals surface area contributed by atoms with Gasteiger partial charge in [-0.05, 0) is 73.9 Å². The van der Waals surface area contributed by atoms with E-state index in [1.165, 1.54) is 11.3 Å². The molecule has 0 fully saturated rings. The number of thiazole rings is 1. The highest BCUT2D eigenvalue weighted by molar-refractivity contribution is 7.22. The number of aryl methyl sites for hydroxylation is 3. The fourth-order valence-electron chi connectivity index (χ4n) is 3.11. The van der Waals surface area contributed by atoms with E-state index >= 15 is 0 Å². The fourth-order valence-corrected chi connectivity index (χ4v) is 4.29. The molecule has 1 amide bonds. The van der Waals surface area contributed by atoms with E-state index in [1.807, 2.05) is 69.3 Å². The molecule has 0 aliphatic carbocycles. The number of hydrogen-bond acceptors (Lipinski definition) is 4. The highest BCUT2D eigenvalue weighted by Crippen LogP contribution is 2.34. The molecule has 4 rings (SSSR count). The van der Waals surface area contributed by atoms with Crippen LogP contribution in [0.25, 0.3) is 10.2 Å². The Balaban J connectivity index is 1.80. The highest BCUT2D eigenvalue weighted by atomic mass is 35.5. The standard InChI is InChI=1S/C23H20ClN3OS/c1-14-7-8-17(12-15(14)2)22(28)27(13-18-6-4-5-11-25-18)23-26-21-16(3)19(24)9-10-20(21)29-23/h4-12H,13H2,1-3H3. The summed E-state index contributed by atoms with van der Waals surface area (Å²) in [5, 5.41) is 1.31. The SMILES string of the molecule is Cc1ccc(C(=O)N(Cc2ccccn2)c2nc3c(C)c(Cl)ccc3s2)cc1C. The number of rotatable bonds is 4. The Labute approximate surface area is 178 Å². The lowest BCUT2D eigenvalue weighted by molar-refractivity contribution is 0.0984. The number of halogens is 1. The third-order valence-electron chi connectivity index (χ3n) is 5.01. The first kappa shape index (κ1) is 19.6. The smallest absolute Gasteiger partial charge is 0.260 e. The maximum absolute atomic E-state index is 13.5. The maximum atomic E-state index is 13.5.